The molecular formula is C11H13BrO2. The van der Waals surface area contributed by atoms with Gasteiger partial charge < -0.3 is 9.84 Å². The zero-order chi connectivity index (χ0) is 10.3. The lowest BCUT2D eigenvalue weighted by atomic mass is 9.90. The number of hydrogen-bond donors (Lipinski definition) is 1. The normalized spacial score (nSPS) is 19.1. The standard InChI is InChI=1S/C11H13BrO2/c1-7-3-9(4-8(2)10(7)12)11(13)5-14-6-11/h3-4,13H,5-6H2,1-2H3. The molecule has 1 fully saturated rings. The molecule has 3 heteroatoms. The van der Waals surface area contributed by atoms with E-state index in [4.69, 9.17) is 4.74 Å². The summed E-state index contributed by atoms with van der Waals surface area (Å²) in [6, 6.07) is 4.03. The first-order chi connectivity index (χ1) is 6.53. The lowest BCUT2D eigenvalue weighted by Gasteiger charge is -2.37. The van der Waals surface area contributed by atoms with Crippen LogP contribution in [0.25, 0.3) is 0 Å². The highest BCUT2D eigenvalue weighted by atomic mass is 79.9. The summed E-state index contributed by atoms with van der Waals surface area (Å²) in [4.78, 5) is 0. The smallest absolute Gasteiger partial charge is 0.136 e. The van der Waals surface area contributed by atoms with Crippen molar-refractivity contribution in [3.63, 3.8) is 0 Å². The minimum atomic E-state index is -0.754. The molecule has 0 atom stereocenters. The van der Waals surface area contributed by atoms with Gasteiger partial charge >= 0.3 is 0 Å². The van der Waals surface area contributed by atoms with Crippen LogP contribution >= 0.6 is 15.9 Å². The number of hydrogen-bond acceptors (Lipinski definition) is 2. The van der Waals surface area contributed by atoms with Gasteiger partial charge in [0.25, 0.3) is 0 Å². The van der Waals surface area contributed by atoms with Crippen LogP contribution in [-0.4, -0.2) is 18.3 Å². The van der Waals surface area contributed by atoms with Crippen LogP contribution in [0.3, 0.4) is 0 Å². The Balaban J connectivity index is 2.45. The first kappa shape index (κ1) is 10.1. The second kappa shape index (κ2) is 3.33. The van der Waals surface area contributed by atoms with Crippen LogP contribution in [0, 0.1) is 13.8 Å². The van der Waals surface area contributed by atoms with E-state index in [1.807, 2.05) is 26.0 Å². The quantitative estimate of drug-likeness (QED) is 0.836. The molecule has 2 nitrogen and oxygen atoms in total. The van der Waals surface area contributed by atoms with Crippen molar-refractivity contribution in [2.45, 2.75) is 19.4 Å². The Morgan fingerprint density at radius 1 is 1.29 bits per heavy atom. The Morgan fingerprint density at radius 3 is 2.14 bits per heavy atom. The Bertz CT molecular complexity index is 347. The summed E-state index contributed by atoms with van der Waals surface area (Å²) in [5, 5.41) is 10.1. The molecule has 0 aliphatic carbocycles. The van der Waals surface area contributed by atoms with Crippen LogP contribution < -0.4 is 0 Å². The lowest BCUT2D eigenvalue weighted by Crippen LogP contribution is -2.46. The summed E-state index contributed by atoms with van der Waals surface area (Å²) in [6.45, 7) is 4.88. The van der Waals surface area contributed by atoms with Crippen LogP contribution in [0.2, 0.25) is 0 Å². The summed E-state index contributed by atoms with van der Waals surface area (Å²) in [7, 11) is 0. The van der Waals surface area contributed by atoms with Crippen LogP contribution in [0.4, 0.5) is 0 Å². The third kappa shape index (κ3) is 1.49. The molecule has 1 aromatic carbocycles. The summed E-state index contributed by atoms with van der Waals surface area (Å²) >= 11 is 3.51. The van der Waals surface area contributed by atoms with Crippen LogP contribution in [0.15, 0.2) is 16.6 Å². The molecule has 1 heterocycles. The van der Waals surface area contributed by atoms with Crippen molar-refractivity contribution in [1.82, 2.24) is 0 Å². The van der Waals surface area contributed by atoms with Crippen molar-refractivity contribution in [2.75, 3.05) is 13.2 Å². The van der Waals surface area contributed by atoms with E-state index in [1.54, 1.807) is 0 Å². The number of rotatable bonds is 1. The van der Waals surface area contributed by atoms with E-state index in [-0.39, 0.29) is 0 Å². The van der Waals surface area contributed by atoms with Gasteiger partial charge in [-0.1, -0.05) is 28.1 Å². The topological polar surface area (TPSA) is 29.5 Å². The summed E-state index contributed by atoms with van der Waals surface area (Å²) in [6.07, 6.45) is 0. The zero-order valence-electron chi connectivity index (χ0n) is 8.30. The number of aryl methyl sites for hydroxylation is 2. The average molecular weight is 257 g/mol. The van der Waals surface area contributed by atoms with Gasteiger partial charge in [-0.05, 0) is 30.5 Å². The molecule has 0 radical (unpaired) electrons. The first-order valence-corrected chi connectivity index (χ1v) is 5.39. The molecule has 1 N–H and O–H groups in total. The van der Waals surface area contributed by atoms with Gasteiger partial charge in [-0.25, -0.2) is 0 Å². The van der Waals surface area contributed by atoms with E-state index in [9.17, 15) is 5.11 Å². The number of benzene rings is 1. The van der Waals surface area contributed by atoms with Crippen molar-refractivity contribution in [2.24, 2.45) is 0 Å². The molecular weight excluding hydrogens is 244 g/mol. The van der Waals surface area contributed by atoms with E-state index in [2.05, 4.69) is 15.9 Å². The summed E-state index contributed by atoms with van der Waals surface area (Å²) in [5.41, 5.74) is 2.51. The van der Waals surface area contributed by atoms with E-state index in [0.717, 1.165) is 21.2 Å². The molecule has 0 bridgehead atoms. The van der Waals surface area contributed by atoms with Gasteiger partial charge in [0.15, 0.2) is 0 Å². The second-order valence-corrected chi connectivity index (χ2v) is 4.74. The molecule has 0 unspecified atom stereocenters. The van der Waals surface area contributed by atoms with E-state index in [0.29, 0.717) is 13.2 Å². The van der Waals surface area contributed by atoms with Crippen LogP contribution in [-0.2, 0) is 10.3 Å². The molecule has 1 aromatic rings. The monoisotopic (exact) mass is 256 g/mol. The van der Waals surface area contributed by atoms with Gasteiger partial charge in [-0.2, -0.15) is 0 Å². The first-order valence-electron chi connectivity index (χ1n) is 4.60. The van der Waals surface area contributed by atoms with Crippen LogP contribution in [0.1, 0.15) is 16.7 Å². The summed E-state index contributed by atoms with van der Waals surface area (Å²) < 4.78 is 6.16. The highest BCUT2D eigenvalue weighted by molar-refractivity contribution is 9.10. The Hall–Kier alpha value is -0.380. The Labute approximate surface area is 92.0 Å². The fourth-order valence-corrected chi connectivity index (χ4v) is 1.91. The van der Waals surface area contributed by atoms with Gasteiger partial charge in [0.05, 0.1) is 13.2 Å². The second-order valence-electron chi connectivity index (χ2n) is 3.95. The maximum Gasteiger partial charge on any atom is 0.136 e. The molecule has 0 spiro atoms. The van der Waals surface area contributed by atoms with E-state index in [1.165, 1.54) is 0 Å². The Kier molecular flexibility index (Phi) is 2.41. The lowest BCUT2D eigenvalue weighted by molar-refractivity contribution is -0.184. The highest BCUT2D eigenvalue weighted by Gasteiger charge is 2.38. The molecule has 76 valence electrons. The van der Waals surface area contributed by atoms with Gasteiger partial charge in [-0.3, -0.25) is 0 Å². The van der Waals surface area contributed by atoms with Crippen molar-refractivity contribution in [3.05, 3.63) is 33.3 Å². The number of ether oxygens (including phenoxy) is 1. The summed E-state index contributed by atoms with van der Waals surface area (Å²) in [5.74, 6) is 0. The maximum atomic E-state index is 10.1. The van der Waals surface area contributed by atoms with Gasteiger partial charge in [-0.15, -0.1) is 0 Å². The van der Waals surface area contributed by atoms with Crippen molar-refractivity contribution in [3.8, 4) is 0 Å². The molecule has 1 aliphatic heterocycles. The fourth-order valence-electron chi connectivity index (χ4n) is 1.68. The highest BCUT2D eigenvalue weighted by Crippen LogP contribution is 2.33. The molecule has 14 heavy (non-hydrogen) atoms. The van der Waals surface area contributed by atoms with Gasteiger partial charge in [0, 0.05) is 4.47 Å². The van der Waals surface area contributed by atoms with Crippen LogP contribution in [0.5, 0.6) is 0 Å². The molecule has 1 saturated heterocycles. The third-order valence-corrected chi connectivity index (χ3v) is 3.91. The molecule has 0 amide bonds. The Morgan fingerprint density at radius 2 is 1.79 bits per heavy atom. The minimum Gasteiger partial charge on any atom is -0.380 e. The molecule has 1 aliphatic rings. The molecule has 0 aromatic heterocycles. The largest absolute Gasteiger partial charge is 0.380 e. The molecule has 2 rings (SSSR count). The predicted octanol–water partition coefficient (Wildman–Crippen LogP) is 2.28. The van der Waals surface area contributed by atoms with E-state index < -0.39 is 5.60 Å². The van der Waals surface area contributed by atoms with Crippen molar-refractivity contribution in [1.29, 1.82) is 0 Å². The maximum absolute atomic E-state index is 10.1. The fraction of sp³-hybridized carbons (Fsp3) is 0.455. The number of aliphatic hydroxyl groups is 1. The predicted molar refractivity (Wildman–Crippen MR) is 58.3 cm³/mol. The van der Waals surface area contributed by atoms with Crippen molar-refractivity contribution < 1.29 is 9.84 Å². The van der Waals surface area contributed by atoms with E-state index >= 15 is 0 Å². The molecule has 0 saturated carbocycles. The zero-order valence-corrected chi connectivity index (χ0v) is 9.89. The van der Waals surface area contributed by atoms with Gasteiger partial charge in [0.1, 0.15) is 5.60 Å². The SMILES string of the molecule is Cc1cc(C2(O)COC2)cc(C)c1Br. The number of halogens is 1. The van der Waals surface area contributed by atoms with Crippen molar-refractivity contribution >= 4 is 15.9 Å². The third-order valence-electron chi connectivity index (χ3n) is 2.66. The van der Waals surface area contributed by atoms with Gasteiger partial charge in [0.2, 0.25) is 0 Å². The average Bonchev–Trinajstić information content (AvgIpc) is 2.09. The minimum absolute atomic E-state index is 0.410.